The molecule has 0 heterocycles. The molecule has 2 unspecified atom stereocenters. The standard InChI is InChI=1S/C26H40Cl2NO10P/c1-4-19(3)26(32)21-9-10-22(25(28)24(21)27)37-18-23(31)29-11-7-6-8-20(16-30)17-39-40(33,34)38-15-14-36-13-12-35-5-2/h9-10,20,30H,3-8,11-18H2,1-2H3,(H,29,31)(H,33,34). The Kier molecular flexibility index (Phi) is 18.6. The van der Waals surface area contributed by atoms with Crippen LogP contribution >= 0.6 is 31.0 Å². The Labute approximate surface area is 245 Å². The lowest BCUT2D eigenvalue weighted by molar-refractivity contribution is -0.123. The van der Waals surface area contributed by atoms with E-state index in [1.54, 1.807) is 0 Å². The van der Waals surface area contributed by atoms with Crippen LogP contribution in [0.3, 0.4) is 0 Å². The van der Waals surface area contributed by atoms with Gasteiger partial charge in [-0.2, -0.15) is 0 Å². The number of carbonyl (C=O) groups is 2. The fourth-order valence-corrected chi connectivity index (χ4v) is 4.43. The SMILES string of the molecule is C=C(CC)C(=O)c1ccc(OCC(=O)NCCCCC(CO)COP(=O)(O)OCCOCCOCC)c(Cl)c1Cl. The van der Waals surface area contributed by atoms with Crippen molar-refractivity contribution in [3.05, 3.63) is 39.9 Å². The van der Waals surface area contributed by atoms with Gasteiger partial charge in [-0.15, -0.1) is 0 Å². The van der Waals surface area contributed by atoms with Crippen LogP contribution in [-0.2, 0) is 27.9 Å². The number of ketones is 1. The van der Waals surface area contributed by atoms with Gasteiger partial charge in [-0.05, 0) is 43.9 Å². The van der Waals surface area contributed by atoms with Crippen molar-refractivity contribution < 1.29 is 47.4 Å². The van der Waals surface area contributed by atoms with Crippen molar-refractivity contribution in [1.29, 1.82) is 0 Å². The zero-order valence-corrected chi connectivity index (χ0v) is 25.4. The van der Waals surface area contributed by atoms with Gasteiger partial charge in [-0.25, -0.2) is 4.57 Å². The zero-order chi connectivity index (χ0) is 30.0. The summed E-state index contributed by atoms with van der Waals surface area (Å²) in [5.74, 6) is -0.886. The minimum absolute atomic E-state index is 0.0326. The molecule has 1 amide bonds. The maximum Gasteiger partial charge on any atom is 0.472 e. The second-order valence-corrected chi connectivity index (χ2v) is 10.8. The zero-order valence-electron chi connectivity index (χ0n) is 23.0. The Morgan fingerprint density at radius 3 is 2.42 bits per heavy atom. The van der Waals surface area contributed by atoms with Crippen LogP contribution in [0.25, 0.3) is 0 Å². The number of phosphoric ester groups is 1. The number of halogens is 2. The van der Waals surface area contributed by atoms with Crippen LogP contribution in [0, 0.1) is 5.92 Å². The Balaban J connectivity index is 2.28. The molecule has 228 valence electrons. The summed E-state index contributed by atoms with van der Waals surface area (Å²) in [6.45, 7) is 8.40. The van der Waals surface area contributed by atoms with Gasteiger partial charge in [0, 0.05) is 31.2 Å². The van der Waals surface area contributed by atoms with Crippen molar-refractivity contribution in [1.82, 2.24) is 5.32 Å². The number of aliphatic hydroxyl groups excluding tert-OH is 1. The number of nitrogens with one attached hydrogen (secondary N) is 1. The number of hydrogen-bond donors (Lipinski definition) is 3. The molecule has 0 saturated heterocycles. The number of hydrogen-bond acceptors (Lipinski definition) is 9. The minimum atomic E-state index is -4.26. The first-order valence-corrected chi connectivity index (χ1v) is 15.3. The molecule has 1 aromatic carbocycles. The second-order valence-electron chi connectivity index (χ2n) is 8.62. The van der Waals surface area contributed by atoms with Gasteiger partial charge in [-0.1, -0.05) is 43.1 Å². The Morgan fingerprint density at radius 1 is 1.05 bits per heavy atom. The molecule has 2 atom stereocenters. The molecule has 0 aliphatic rings. The molecule has 0 radical (unpaired) electrons. The molecule has 1 rings (SSSR count). The molecule has 0 aliphatic heterocycles. The van der Waals surface area contributed by atoms with Crippen molar-refractivity contribution >= 4 is 42.7 Å². The smallest absolute Gasteiger partial charge is 0.472 e. The van der Waals surface area contributed by atoms with Gasteiger partial charge >= 0.3 is 7.82 Å². The summed E-state index contributed by atoms with van der Waals surface area (Å²) in [6, 6.07) is 2.95. The number of benzene rings is 1. The molecular weight excluding hydrogens is 588 g/mol. The van der Waals surface area contributed by atoms with Crippen molar-refractivity contribution in [3.63, 3.8) is 0 Å². The van der Waals surface area contributed by atoms with Crippen molar-refractivity contribution in [2.75, 3.05) is 59.4 Å². The van der Waals surface area contributed by atoms with Gasteiger partial charge in [0.25, 0.3) is 5.91 Å². The number of carbonyl (C=O) groups excluding carboxylic acids is 2. The first kappa shape index (κ1) is 36.5. The van der Waals surface area contributed by atoms with E-state index in [0.717, 1.165) is 0 Å². The largest absolute Gasteiger partial charge is 0.482 e. The van der Waals surface area contributed by atoms with Crippen LogP contribution in [0.15, 0.2) is 24.3 Å². The van der Waals surface area contributed by atoms with E-state index in [1.165, 1.54) is 12.1 Å². The number of phosphoric acid groups is 1. The van der Waals surface area contributed by atoms with Gasteiger partial charge in [0.1, 0.15) is 10.8 Å². The van der Waals surface area contributed by atoms with Crippen LogP contribution in [-0.4, -0.2) is 81.1 Å². The fraction of sp³-hybridized carbons (Fsp3) is 0.615. The highest BCUT2D eigenvalue weighted by atomic mass is 35.5. The lowest BCUT2D eigenvalue weighted by Gasteiger charge is -2.17. The second kappa shape index (κ2) is 20.4. The summed E-state index contributed by atoms with van der Waals surface area (Å²) in [7, 11) is -4.26. The highest BCUT2D eigenvalue weighted by Gasteiger charge is 2.23. The minimum Gasteiger partial charge on any atom is -0.482 e. The number of aliphatic hydroxyl groups is 1. The highest BCUT2D eigenvalue weighted by molar-refractivity contribution is 7.47. The van der Waals surface area contributed by atoms with E-state index in [2.05, 4.69) is 11.9 Å². The maximum atomic E-state index is 12.3. The van der Waals surface area contributed by atoms with Crippen molar-refractivity contribution in [3.8, 4) is 5.75 Å². The van der Waals surface area contributed by atoms with E-state index in [9.17, 15) is 24.2 Å². The van der Waals surface area contributed by atoms with Crippen LogP contribution in [0.1, 0.15) is 49.9 Å². The number of allylic oxidation sites excluding steroid dienone is 1. The Morgan fingerprint density at radius 2 is 1.75 bits per heavy atom. The van der Waals surface area contributed by atoms with Crippen LogP contribution in [0.5, 0.6) is 5.75 Å². The number of rotatable bonds is 23. The summed E-state index contributed by atoms with van der Waals surface area (Å²) >= 11 is 12.4. The molecule has 1 aromatic rings. The molecule has 14 heteroatoms. The van der Waals surface area contributed by atoms with Gasteiger partial charge in [-0.3, -0.25) is 18.6 Å². The summed E-state index contributed by atoms with van der Waals surface area (Å²) in [4.78, 5) is 34.2. The molecule has 0 saturated carbocycles. The highest BCUT2D eigenvalue weighted by Crippen LogP contribution is 2.43. The maximum absolute atomic E-state index is 12.3. The van der Waals surface area contributed by atoms with Gasteiger partial charge < -0.3 is 29.5 Å². The third-order valence-electron chi connectivity index (χ3n) is 5.55. The number of Topliss-reactive ketones (excluding diaryl/α,β-unsaturated/α-hetero) is 1. The van der Waals surface area contributed by atoms with Gasteiger partial charge in [0.15, 0.2) is 12.4 Å². The quantitative estimate of drug-likeness (QED) is 0.0679. The average Bonchev–Trinajstić information content (AvgIpc) is 2.93. The van der Waals surface area contributed by atoms with E-state index < -0.39 is 7.82 Å². The molecule has 0 aromatic heterocycles. The van der Waals surface area contributed by atoms with E-state index in [1.807, 2.05) is 13.8 Å². The number of unbranched alkanes of at least 4 members (excludes halogenated alkanes) is 1. The number of ether oxygens (including phenoxy) is 3. The molecule has 0 aliphatic carbocycles. The number of amides is 1. The first-order chi connectivity index (χ1) is 19.1. The van der Waals surface area contributed by atoms with Crippen LogP contribution in [0.4, 0.5) is 0 Å². The summed E-state index contributed by atoms with van der Waals surface area (Å²) < 4.78 is 37.5. The average molecular weight is 628 g/mol. The Bertz CT molecular complexity index is 994. The summed E-state index contributed by atoms with van der Waals surface area (Å²) in [5.41, 5.74) is 0.618. The Hall–Kier alpha value is -1.53. The van der Waals surface area contributed by atoms with Gasteiger partial charge in [0.05, 0.1) is 38.1 Å². The fourth-order valence-electron chi connectivity index (χ4n) is 3.19. The molecule has 11 nitrogen and oxygen atoms in total. The van der Waals surface area contributed by atoms with Crippen LogP contribution < -0.4 is 10.1 Å². The molecular formula is C26H40Cl2NO10P. The normalized spacial score (nSPS) is 13.4. The van der Waals surface area contributed by atoms with Crippen LogP contribution in [0.2, 0.25) is 10.0 Å². The predicted molar refractivity (Wildman–Crippen MR) is 152 cm³/mol. The van der Waals surface area contributed by atoms with E-state index in [-0.39, 0.29) is 72.0 Å². The lowest BCUT2D eigenvalue weighted by atomic mass is 10.0. The molecule has 3 N–H and O–H groups in total. The molecule has 0 spiro atoms. The van der Waals surface area contributed by atoms with Crippen molar-refractivity contribution in [2.45, 2.75) is 39.5 Å². The topological polar surface area (TPSA) is 150 Å². The van der Waals surface area contributed by atoms with Gasteiger partial charge in [0.2, 0.25) is 0 Å². The third kappa shape index (κ3) is 14.4. The predicted octanol–water partition coefficient (Wildman–Crippen LogP) is 4.60. The monoisotopic (exact) mass is 627 g/mol. The first-order valence-electron chi connectivity index (χ1n) is 13.0. The molecule has 0 fully saturated rings. The third-order valence-corrected chi connectivity index (χ3v) is 7.40. The molecule has 40 heavy (non-hydrogen) atoms. The lowest BCUT2D eigenvalue weighted by Crippen LogP contribution is -2.29. The summed E-state index contributed by atoms with van der Waals surface area (Å²) in [5, 5.41) is 12.3. The van der Waals surface area contributed by atoms with E-state index in [0.29, 0.717) is 57.6 Å². The van der Waals surface area contributed by atoms with E-state index >= 15 is 0 Å². The summed E-state index contributed by atoms with van der Waals surface area (Å²) in [6.07, 6.45) is 2.21. The molecule has 0 bridgehead atoms. The van der Waals surface area contributed by atoms with E-state index in [4.69, 9.17) is 46.5 Å². The van der Waals surface area contributed by atoms with Crippen molar-refractivity contribution in [2.24, 2.45) is 5.92 Å².